The van der Waals surface area contributed by atoms with Crippen LogP contribution in [0.25, 0.3) is 0 Å². The zero-order valence-electron chi connectivity index (χ0n) is 7.41. The largest absolute Gasteiger partial charge is 1.00 e. The van der Waals surface area contributed by atoms with E-state index in [1.54, 1.807) is 0 Å². The summed E-state index contributed by atoms with van der Waals surface area (Å²) < 4.78 is 36.5. The quantitative estimate of drug-likeness (QED) is 0.716. The molecular formula is C7H5BBrClF3K. The Morgan fingerprint density at radius 3 is 2.29 bits per heavy atom. The van der Waals surface area contributed by atoms with Gasteiger partial charge in [-0.15, -0.1) is 0 Å². The van der Waals surface area contributed by atoms with Crippen LogP contribution < -0.4 is 51.4 Å². The molecule has 0 spiro atoms. The Morgan fingerprint density at radius 2 is 1.86 bits per heavy atom. The van der Waals surface area contributed by atoms with Gasteiger partial charge in [-0.1, -0.05) is 45.5 Å². The van der Waals surface area contributed by atoms with Crippen molar-refractivity contribution in [3.05, 3.63) is 33.3 Å². The molecule has 0 unspecified atom stereocenters. The molecule has 7 heteroatoms. The maximum atomic E-state index is 12.0. The molecule has 0 amide bonds. The van der Waals surface area contributed by atoms with Gasteiger partial charge in [-0.25, -0.2) is 0 Å². The van der Waals surface area contributed by atoms with E-state index in [9.17, 15) is 12.9 Å². The molecule has 0 aliphatic carbocycles. The Balaban J connectivity index is 0.00000169. The first kappa shape index (κ1) is 15.5. The molecule has 0 aliphatic rings. The van der Waals surface area contributed by atoms with Crippen LogP contribution in [0.5, 0.6) is 0 Å². The van der Waals surface area contributed by atoms with E-state index in [-0.39, 0.29) is 56.9 Å². The fraction of sp³-hybridized carbons (Fsp3) is 0.143. The number of hydrogen-bond donors (Lipinski definition) is 0. The van der Waals surface area contributed by atoms with Crippen LogP contribution in [0, 0.1) is 0 Å². The minimum Gasteiger partial charge on any atom is -0.449 e. The van der Waals surface area contributed by atoms with Crippen molar-refractivity contribution in [2.45, 2.75) is 6.32 Å². The summed E-state index contributed by atoms with van der Waals surface area (Å²) in [5.41, 5.74) is 0.219. The Kier molecular flexibility index (Phi) is 6.94. The van der Waals surface area contributed by atoms with Gasteiger partial charge < -0.3 is 12.9 Å². The molecule has 0 heterocycles. The maximum Gasteiger partial charge on any atom is 1.00 e. The second-order valence-electron chi connectivity index (χ2n) is 2.65. The van der Waals surface area contributed by atoms with Crippen molar-refractivity contribution in [3.63, 3.8) is 0 Å². The van der Waals surface area contributed by atoms with Gasteiger partial charge in [-0.05, 0) is 12.1 Å². The van der Waals surface area contributed by atoms with E-state index in [1.165, 1.54) is 18.2 Å². The normalized spacial score (nSPS) is 10.9. The van der Waals surface area contributed by atoms with Crippen molar-refractivity contribution in [3.8, 4) is 0 Å². The molecule has 0 saturated heterocycles. The third-order valence-corrected chi connectivity index (χ3v) is 2.44. The average Bonchev–Trinajstić information content (AvgIpc) is 1.93. The molecule has 1 aromatic carbocycles. The Hall–Kier alpha value is 1.48. The molecule has 0 aromatic heterocycles. The van der Waals surface area contributed by atoms with Gasteiger partial charge in [-0.2, -0.15) is 0 Å². The molecule has 0 N–H and O–H groups in total. The smallest absolute Gasteiger partial charge is 0.449 e. The number of benzene rings is 1. The minimum absolute atomic E-state index is 0. The molecule has 0 aliphatic heterocycles. The van der Waals surface area contributed by atoms with Crippen LogP contribution in [0.4, 0.5) is 12.9 Å². The fourth-order valence-electron chi connectivity index (χ4n) is 0.937. The maximum absolute atomic E-state index is 12.0. The van der Waals surface area contributed by atoms with E-state index in [1.807, 2.05) is 0 Å². The van der Waals surface area contributed by atoms with E-state index in [4.69, 9.17) is 11.6 Å². The second-order valence-corrected chi connectivity index (χ2v) is 3.94. The van der Waals surface area contributed by atoms with Gasteiger partial charge in [0.05, 0.1) is 0 Å². The van der Waals surface area contributed by atoms with Gasteiger partial charge in [0, 0.05) is 9.50 Å². The summed E-state index contributed by atoms with van der Waals surface area (Å²) in [4.78, 5) is 0. The van der Waals surface area contributed by atoms with E-state index < -0.39 is 13.3 Å². The SMILES string of the molecule is F[B-](F)(F)Cc1ccc(Cl)cc1Br.[K+]. The van der Waals surface area contributed by atoms with Gasteiger partial charge >= 0.3 is 58.4 Å². The number of halogens is 5. The Bertz CT molecular complexity index is 318. The molecule has 1 rings (SSSR count). The summed E-state index contributed by atoms with van der Waals surface area (Å²) in [6, 6.07) is 4.28. The molecule has 0 saturated carbocycles. The van der Waals surface area contributed by atoms with Crippen LogP contribution in [0.2, 0.25) is 5.02 Å². The first-order chi connectivity index (χ1) is 5.88. The number of hydrogen-bond acceptors (Lipinski definition) is 0. The summed E-state index contributed by atoms with van der Waals surface area (Å²) in [6.07, 6.45) is -0.877. The van der Waals surface area contributed by atoms with Crippen LogP contribution in [0.15, 0.2) is 22.7 Å². The van der Waals surface area contributed by atoms with Gasteiger partial charge in [0.1, 0.15) is 0 Å². The molecule has 0 fully saturated rings. The third kappa shape index (κ3) is 5.53. The monoisotopic (exact) mass is 310 g/mol. The molecule has 72 valence electrons. The van der Waals surface area contributed by atoms with Crippen LogP contribution in [0.1, 0.15) is 5.56 Å². The van der Waals surface area contributed by atoms with Crippen LogP contribution in [-0.2, 0) is 6.32 Å². The van der Waals surface area contributed by atoms with Crippen molar-refractivity contribution in [1.29, 1.82) is 0 Å². The Labute approximate surface area is 136 Å². The van der Waals surface area contributed by atoms with Gasteiger partial charge in [0.2, 0.25) is 0 Å². The summed E-state index contributed by atoms with van der Waals surface area (Å²) in [6.45, 7) is -4.79. The molecule has 0 radical (unpaired) electrons. The van der Waals surface area contributed by atoms with E-state index in [0.29, 0.717) is 9.50 Å². The first-order valence-corrected chi connectivity index (χ1v) is 4.70. The van der Waals surface area contributed by atoms with Gasteiger partial charge in [0.25, 0.3) is 0 Å². The predicted octanol–water partition coefficient (Wildman–Crippen LogP) is 1.04. The van der Waals surface area contributed by atoms with Crippen molar-refractivity contribution in [2.75, 3.05) is 0 Å². The Morgan fingerprint density at radius 1 is 1.29 bits per heavy atom. The molecule has 1 aromatic rings. The van der Waals surface area contributed by atoms with Crippen molar-refractivity contribution in [2.24, 2.45) is 0 Å². The predicted molar refractivity (Wildman–Crippen MR) is 51.9 cm³/mol. The average molecular weight is 311 g/mol. The topological polar surface area (TPSA) is 0 Å². The fourth-order valence-corrected chi connectivity index (χ4v) is 1.78. The van der Waals surface area contributed by atoms with Crippen LogP contribution in [-0.4, -0.2) is 6.98 Å². The summed E-state index contributed by atoms with van der Waals surface area (Å²) >= 11 is 8.61. The molecule has 14 heavy (non-hydrogen) atoms. The minimum atomic E-state index is -4.79. The standard InChI is InChI=1S/C7H5BBrClF3.K/c9-7-3-6(10)2-1-5(7)4-8(11,12)13;/h1-3H,4H2;/q-1;+1. The van der Waals surface area contributed by atoms with Crippen LogP contribution >= 0.6 is 27.5 Å². The zero-order valence-corrected chi connectivity index (χ0v) is 12.9. The zero-order chi connectivity index (χ0) is 10.1. The second kappa shape index (κ2) is 6.27. The van der Waals surface area contributed by atoms with E-state index >= 15 is 0 Å². The van der Waals surface area contributed by atoms with Crippen molar-refractivity contribution < 1.29 is 64.3 Å². The van der Waals surface area contributed by atoms with Gasteiger partial charge in [-0.3, -0.25) is 0 Å². The van der Waals surface area contributed by atoms with Gasteiger partial charge in [0.15, 0.2) is 0 Å². The van der Waals surface area contributed by atoms with Crippen LogP contribution in [0.3, 0.4) is 0 Å². The summed E-state index contributed by atoms with van der Waals surface area (Å²) in [5.74, 6) is 0. The van der Waals surface area contributed by atoms with Crippen molar-refractivity contribution >= 4 is 34.5 Å². The molecule has 0 nitrogen and oxygen atoms in total. The third-order valence-electron chi connectivity index (χ3n) is 1.47. The van der Waals surface area contributed by atoms with E-state index in [2.05, 4.69) is 15.9 Å². The van der Waals surface area contributed by atoms with E-state index in [0.717, 1.165) is 0 Å². The molecule has 0 bridgehead atoms. The molecular weight excluding hydrogens is 306 g/mol. The number of rotatable bonds is 2. The first-order valence-electron chi connectivity index (χ1n) is 3.53. The van der Waals surface area contributed by atoms with Crippen molar-refractivity contribution in [1.82, 2.24) is 0 Å². The summed E-state index contributed by atoms with van der Waals surface area (Å²) in [5, 5.41) is 0.422. The molecule has 0 atom stereocenters. The summed E-state index contributed by atoms with van der Waals surface area (Å²) in [7, 11) is 0.